The van der Waals surface area contributed by atoms with Crippen LogP contribution in [0.3, 0.4) is 0 Å². The molecule has 3 nitrogen and oxygen atoms in total. The summed E-state index contributed by atoms with van der Waals surface area (Å²) >= 11 is 6.84. The van der Waals surface area contributed by atoms with Crippen LogP contribution in [0.25, 0.3) is 0 Å². The number of hydrogen-bond donors (Lipinski definition) is 0. The molecule has 0 saturated heterocycles. The normalized spacial score (nSPS) is 11.6. The average molecular weight is 329 g/mol. The highest BCUT2D eigenvalue weighted by Crippen LogP contribution is 2.23. The van der Waals surface area contributed by atoms with E-state index < -0.39 is 21.4 Å². The van der Waals surface area contributed by atoms with Gasteiger partial charge in [-0.3, -0.25) is 4.79 Å². The molecular weight excluding hydrogens is 316 g/mol. The quantitative estimate of drug-likeness (QED) is 0.804. The molecule has 0 bridgehead atoms. The van der Waals surface area contributed by atoms with E-state index in [4.69, 9.17) is 11.6 Å². The molecule has 0 aliphatic carbocycles. The van der Waals surface area contributed by atoms with E-state index in [1.54, 1.807) is 24.3 Å². The van der Waals surface area contributed by atoms with Gasteiger partial charge in [0.25, 0.3) is 0 Å². The molecule has 0 spiro atoms. The lowest BCUT2D eigenvalue weighted by Crippen LogP contribution is -2.15. The fourth-order valence-electron chi connectivity index (χ4n) is 1.70. The third-order valence-corrected chi connectivity index (χ3v) is 5.89. The zero-order chi connectivity index (χ0) is 14.9. The molecule has 1 aromatic heterocycles. The van der Waals surface area contributed by atoms with Gasteiger partial charge in [0.1, 0.15) is 5.75 Å². The Morgan fingerprint density at radius 1 is 1.15 bits per heavy atom. The predicted octanol–water partition coefficient (Wildman–Crippen LogP) is 3.67. The van der Waals surface area contributed by atoms with Gasteiger partial charge < -0.3 is 0 Å². The fraction of sp³-hybridized carbons (Fsp3) is 0.214. The van der Waals surface area contributed by atoms with Crippen LogP contribution in [0.15, 0.2) is 35.2 Å². The van der Waals surface area contributed by atoms with Crippen LogP contribution in [0.4, 0.5) is 0 Å². The Labute approximate surface area is 127 Å². The van der Waals surface area contributed by atoms with Crippen molar-refractivity contribution in [2.45, 2.75) is 18.7 Å². The summed E-state index contributed by atoms with van der Waals surface area (Å²) in [5.41, 5.74) is 1.90. The Morgan fingerprint density at radius 2 is 1.85 bits per heavy atom. The first-order valence-electron chi connectivity index (χ1n) is 5.88. The van der Waals surface area contributed by atoms with Crippen molar-refractivity contribution in [3.8, 4) is 0 Å². The Kier molecular flexibility index (Phi) is 4.32. The number of hydrogen-bond acceptors (Lipinski definition) is 4. The summed E-state index contributed by atoms with van der Waals surface area (Å²) in [5, 5.41) is 0. The van der Waals surface area contributed by atoms with Gasteiger partial charge in [-0.25, -0.2) is 8.42 Å². The van der Waals surface area contributed by atoms with Gasteiger partial charge >= 0.3 is 0 Å². The monoisotopic (exact) mass is 328 g/mol. The van der Waals surface area contributed by atoms with Crippen LogP contribution >= 0.6 is 22.9 Å². The Morgan fingerprint density at radius 3 is 2.40 bits per heavy atom. The molecule has 0 saturated carbocycles. The fourth-order valence-corrected chi connectivity index (χ4v) is 4.07. The summed E-state index contributed by atoms with van der Waals surface area (Å²) in [5.74, 6) is -0.966. The van der Waals surface area contributed by atoms with Crippen molar-refractivity contribution in [3.63, 3.8) is 0 Å². The van der Waals surface area contributed by atoms with Gasteiger partial charge in [-0.15, -0.1) is 11.3 Å². The molecule has 2 rings (SSSR count). The van der Waals surface area contributed by atoms with E-state index >= 15 is 0 Å². The first-order valence-corrected chi connectivity index (χ1v) is 8.73. The number of aryl methyl sites for hydroxylation is 2. The van der Waals surface area contributed by atoms with Gasteiger partial charge in [-0.05, 0) is 49.2 Å². The van der Waals surface area contributed by atoms with Crippen LogP contribution in [0.2, 0.25) is 4.34 Å². The van der Waals surface area contributed by atoms with E-state index in [2.05, 4.69) is 0 Å². The molecule has 0 atom stereocenters. The van der Waals surface area contributed by atoms with Gasteiger partial charge in [0.15, 0.2) is 15.6 Å². The molecule has 0 radical (unpaired) electrons. The lowest BCUT2D eigenvalue weighted by molar-refractivity contribution is 0.102. The van der Waals surface area contributed by atoms with Gasteiger partial charge in [-0.2, -0.15) is 0 Å². The first-order chi connectivity index (χ1) is 9.29. The molecule has 106 valence electrons. The summed E-state index contributed by atoms with van der Waals surface area (Å²) in [6.07, 6.45) is 0. The smallest absolute Gasteiger partial charge is 0.188 e. The van der Waals surface area contributed by atoms with Gasteiger partial charge in [0.05, 0.1) is 14.1 Å². The number of carbonyl (C=O) groups is 1. The first kappa shape index (κ1) is 15.2. The highest BCUT2D eigenvalue weighted by molar-refractivity contribution is 7.92. The zero-order valence-corrected chi connectivity index (χ0v) is 13.4. The Balaban J connectivity index is 2.27. The van der Waals surface area contributed by atoms with E-state index in [1.807, 2.05) is 13.8 Å². The highest BCUT2D eigenvalue weighted by atomic mass is 35.5. The summed E-state index contributed by atoms with van der Waals surface area (Å²) in [6.45, 7) is 3.75. The number of carbonyl (C=O) groups excluding carboxylic acids is 1. The topological polar surface area (TPSA) is 51.2 Å². The lowest BCUT2D eigenvalue weighted by Gasteiger charge is -2.06. The number of thiophene rings is 1. The van der Waals surface area contributed by atoms with E-state index in [1.165, 1.54) is 6.07 Å². The largest absolute Gasteiger partial charge is 0.292 e. The minimum atomic E-state index is -3.62. The molecule has 2 aromatic rings. The van der Waals surface area contributed by atoms with E-state index in [0.717, 1.165) is 22.5 Å². The van der Waals surface area contributed by atoms with Crippen LogP contribution in [-0.4, -0.2) is 20.0 Å². The Hall–Kier alpha value is -1.17. The van der Waals surface area contributed by atoms with Crippen LogP contribution < -0.4 is 0 Å². The Bertz CT molecular complexity index is 760. The van der Waals surface area contributed by atoms with Crippen molar-refractivity contribution in [3.05, 3.63) is 50.7 Å². The molecule has 0 aliphatic heterocycles. The van der Waals surface area contributed by atoms with E-state index in [0.29, 0.717) is 9.21 Å². The SMILES string of the molecule is Cc1ccc(S(=O)(=O)CC(=O)c2ccc(Cl)s2)cc1C. The van der Waals surface area contributed by atoms with Crippen molar-refractivity contribution in [1.29, 1.82) is 0 Å². The maximum atomic E-state index is 12.2. The van der Waals surface area contributed by atoms with E-state index in [9.17, 15) is 13.2 Å². The number of benzene rings is 1. The summed E-state index contributed by atoms with van der Waals surface area (Å²) in [7, 11) is -3.62. The minimum absolute atomic E-state index is 0.177. The molecule has 1 aromatic carbocycles. The maximum Gasteiger partial charge on any atom is 0.188 e. The van der Waals surface area contributed by atoms with Gasteiger partial charge in [-0.1, -0.05) is 17.7 Å². The standard InChI is InChI=1S/C14H13ClO3S2/c1-9-3-4-11(7-10(9)2)20(17,18)8-12(16)13-5-6-14(15)19-13/h3-7H,8H2,1-2H3. The average Bonchev–Trinajstić information content (AvgIpc) is 2.79. The van der Waals surface area contributed by atoms with Gasteiger partial charge in [0, 0.05) is 0 Å². The molecule has 0 N–H and O–H groups in total. The molecule has 20 heavy (non-hydrogen) atoms. The van der Waals surface area contributed by atoms with Crippen molar-refractivity contribution >= 4 is 38.6 Å². The molecular formula is C14H13ClO3S2. The van der Waals surface area contributed by atoms with Crippen molar-refractivity contribution in [2.75, 3.05) is 5.75 Å². The van der Waals surface area contributed by atoms with Crippen LogP contribution in [0, 0.1) is 13.8 Å². The van der Waals surface area contributed by atoms with Crippen LogP contribution in [0.5, 0.6) is 0 Å². The molecule has 0 fully saturated rings. The minimum Gasteiger partial charge on any atom is -0.292 e. The molecule has 0 unspecified atom stereocenters. The third kappa shape index (κ3) is 3.29. The zero-order valence-electron chi connectivity index (χ0n) is 11.0. The lowest BCUT2D eigenvalue weighted by atomic mass is 10.1. The second-order valence-electron chi connectivity index (χ2n) is 4.53. The summed E-state index contributed by atoms with van der Waals surface area (Å²) in [4.78, 5) is 12.5. The predicted molar refractivity (Wildman–Crippen MR) is 81.6 cm³/mol. The van der Waals surface area contributed by atoms with E-state index in [-0.39, 0.29) is 4.90 Å². The summed E-state index contributed by atoms with van der Waals surface area (Å²) in [6, 6.07) is 8.01. The highest BCUT2D eigenvalue weighted by Gasteiger charge is 2.21. The summed E-state index contributed by atoms with van der Waals surface area (Å²) < 4.78 is 24.9. The van der Waals surface area contributed by atoms with Crippen molar-refractivity contribution < 1.29 is 13.2 Å². The second-order valence-corrected chi connectivity index (χ2v) is 8.24. The van der Waals surface area contributed by atoms with Crippen molar-refractivity contribution in [2.24, 2.45) is 0 Å². The number of rotatable bonds is 4. The molecule has 6 heteroatoms. The van der Waals surface area contributed by atoms with Crippen LogP contribution in [-0.2, 0) is 9.84 Å². The maximum absolute atomic E-state index is 12.2. The third-order valence-electron chi connectivity index (χ3n) is 3.01. The number of sulfone groups is 1. The number of Topliss-reactive ketones (excluding diaryl/α,β-unsaturated/α-hetero) is 1. The molecule has 0 aliphatic rings. The second kappa shape index (κ2) is 5.68. The van der Waals surface area contributed by atoms with Gasteiger partial charge in [0.2, 0.25) is 0 Å². The number of ketones is 1. The molecule has 0 amide bonds. The molecule has 1 heterocycles. The van der Waals surface area contributed by atoms with Crippen molar-refractivity contribution in [1.82, 2.24) is 0 Å². The van der Waals surface area contributed by atoms with Crippen LogP contribution in [0.1, 0.15) is 20.8 Å². The number of halogens is 1.